The molecule has 2 rings (SSSR count). The molecule has 0 fully saturated rings. The van der Waals surface area contributed by atoms with Gasteiger partial charge in [0, 0.05) is 5.69 Å². The summed E-state index contributed by atoms with van der Waals surface area (Å²) >= 11 is 0. The molecule has 0 heterocycles. The Labute approximate surface area is 155 Å². The van der Waals surface area contributed by atoms with Crippen LogP contribution >= 0.6 is 0 Å². The van der Waals surface area contributed by atoms with Crippen molar-refractivity contribution in [2.45, 2.75) is 20.5 Å². The van der Waals surface area contributed by atoms with Gasteiger partial charge in [-0.1, -0.05) is 6.07 Å². The number of benzene rings is 2. The van der Waals surface area contributed by atoms with Crippen LogP contribution < -0.4 is 14.8 Å². The fourth-order valence-corrected chi connectivity index (χ4v) is 2.45. The SMILES string of the molecule is COc1cc(C(=O)OCC(=O)Nc2cc(C)cc(C)c2)ccc1OC(F)F. The summed E-state index contributed by atoms with van der Waals surface area (Å²) in [5.41, 5.74) is 2.61. The number of amides is 1. The van der Waals surface area contributed by atoms with Crippen molar-refractivity contribution in [3.05, 3.63) is 53.1 Å². The Bertz CT molecular complexity index is 819. The number of halogens is 2. The summed E-state index contributed by atoms with van der Waals surface area (Å²) in [4.78, 5) is 24.0. The van der Waals surface area contributed by atoms with Crippen molar-refractivity contribution in [1.82, 2.24) is 0 Å². The second kappa shape index (κ2) is 8.98. The lowest BCUT2D eigenvalue weighted by Crippen LogP contribution is -2.21. The average Bonchev–Trinajstić information content (AvgIpc) is 2.58. The Morgan fingerprint density at radius 2 is 1.70 bits per heavy atom. The number of carbonyl (C=O) groups excluding carboxylic acids is 2. The third kappa shape index (κ3) is 5.95. The molecule has 0 unspecified atom stereocenters. The van der Waals surface area contributed by atoms with Crippen LogP contribution in [0.1, 0.15) is 21.5 Å². The van der Waals surface area contributed by atoms with Gasteiger partial charge in [0.05, 0.1) is 12.7 Å². The fourth-order valence-electron chi connectivity index (χ4n) is 2.45. The molecule has 0 aliphatic rings. The quantitative estimate of drug-likeness (QED) is 0.743. The highest BCUT2D eigenvalue weighted by Gasteiger charge is 2.16. The molecule has 1 amide bonds. The molecule has 0 aliphatic heterocycles. The first-order chi connectivity index (χ1) is 12.8. The monoisotopic (exact) mass is 379 g/mol. The van der Waals surface area contributed by atoms with Crippen LogP contribution in [0.15, 0.2) is 36.4 Å². The maximum atomic E-state index is 12.3. The first kappa shape index (κ1) is 20.2. The van der Waals surface area contributed by atoms with E-state index in [1.807, 2.05) is 19.9 Å². The molecular formula is C19H19F2NO5. The van der Waals surface area contributed by atoms with E-state index >= 15 is 0 Å². The zero-order valence-corrected chi connectivity index (χ0v) is 15.0. The highest BCUT2D eigenvalue weighted by atomic mass is 19.3. The minimum atomic E-state index is -3.02. The van der Waals surface area contributed by atoms with Gasteiger partial charge in [-0.05, 0) is 55.3 Å². The number of nitrogens with one attached hydrogen (secondary N) is 1. The molecule has 0 aliphatic carbocycles. The van der Waals surface area contributed by atoms with Crippen molar-refractivity contribution in [3.8, 4) is 11.5 Å². The van der Waals surface area contributed by atoms with E-state index in [0.717, 1.165) is 17.2 Å². The van der Waals surface area contributed by atoms with Gasteiger partial charge in [0.25, 0.3) is 5.91 Å². The van der Waals surface area contributed by atoms with Gasteiger partial charge < -0.3 is 19.5 Å². The maximum Gasteiger partial charge on any atom is 0.387 e. The second-order valence-corrected chi connectivity index (χ2v) is 5.74. The summed E-state index contributed by atoms with van der Waals surface area (Å²) in [5.74, 6) is -1.56. The van der Waals surface area contributed by atoms with E-state index in [4.69, 9.17) is 9.47 Å². The molecule has 2 aromatic carbocycles. The van der Waals surface area contributed by atoms with Gasteiger partial charge in [0.2, 0.25) is 0 Å². The lowest BCUT2D eigenvalue weighted by atomic mass is 10.1. The molecule has 0 saturated carbocycles. The number of aryl methyl sites for hydroxylation is 2. The summed E-state index contributed by atoms with van der Waals surface area (Å²) in [5, 5.41) is 2.64. The Morgan fingerprint density at radius 1 is 1.04 bits per heavy atom. The molecule has 0 aromatic heterocycles. The van der Waals surface area contributed by atoms with Crippen LogP contribution in [0.3, 0.4) is 0 Å². The van der Waals surface area contributed by atoms with Crippen molar-refractivity contribution < 1.29 is 32.6 Å². The van der Waals surface area contributed by atoms with Crippen LogP contribution in [0.4, 0.5) is 14.5 Å². The molecule has 144 valence electrons. The minimum absolute atomic E-state index is 0.0349. The van der Waals surface area contributed by atoms with Crippen LogP contribution in [0.2, 0.25) is 0 Å². The van der Waals surface area contributed by atoms with E-state index in [1.54, 1.807) is 12.1 Å². The van der Waals surface area contributed by atoms with Gasteiger partial charge in [-0.25, -0.2) is 4.79 Å². The number of alkyl halides is 2. The Balaban J connectivity index is 1.97. The molecule has 0 atom stereocenters. The molecule has 0 radical (unpaired) electrons. The summed E-state index contributed by atoms with van der Waals surface area (Å²) < 4.78 is 38.8. The van der Waals surface area contributed by atoms with Crippen LogP contribution in [-0.2, 0) is 9.53 Å². The van der Waals surface area contributed by atoms with E-state index in [-0.39, 0.29) is 17.1 Å². The zero-order valence-electron chi connectivity index (χ0n) is 15.0. The zero-order chi connectivity index (χ0) is 20.0. The van der Waals surface area contributed by atoms with E-state index in [0.29, 0.717) is 5.69 Å². The second-order valence-electron chi connectivity index (χ2n) is 5.74. The van der Waals surface area contributed by atoms with Gasteiger partial charge in [-0.2, -0.15) is 8.78 Å². The molecular weight excluding hydrogens is 360 g/mol. The predicted octanol–water partition coefficient (Wildman–Crippen LogP) is 3.71. The number of carbonyl (C=O) groups is 2. The number of anilines is 1. The van der Waals surface area contributed by atoms with Crippen molar-refractivity contribution in [3.63, 3.8) is 0 Å². The Hall–Kier alpha value is -3.16. The fraction of sp³-hybridized carbons (Fsp3) is 0.263. The summed E-state index contributed by atoms with van der Waals surface area (Å²) in [6.07, 6.45) is 0. The average molecular weight is 379 g/mol. The Morgan fingerprint density at radius 3 is 2.30 bits per heavy atom. The molecule has 6 nitrogen and oxygen atoms in total. The Kier molecular flexibility index (Phi) is 6.70. The van der Waals surface area contributed by atoms with Crippen LogP contribution in [0.5, 0.6) is 11.5 Å². The largest absolute Gasteiger partial charge is 0.493 e. The number of esters is 1. The normalized spacial score (nSPS) is 10.4. The predicted molar refractivity (Wildman–Crippen MR) is 94.5 cm³/mol. The minimum Gasteiger partial charge on any atom is -0.493 e. The van der Waals surface area contributed by atoms with Gasteiger partial charge in [0.1, 0.15) is 0 Å². The lowest BCUT2D eigenvalue weighted by molar-refractivity contribution is -0.119. The molecule has 1 N–H and O–H groups in total. The molecule has 0 saturated heterocycles. The molecule has 8 heteroatoms. The molecule has 0 spiro atoms. The van der Waals surface area contributed by atoms with E-state index in [9.17, 15) is 18.4 Å². The number of rotatable bonds is 7. The van der Waals surface area contributed by atoms with Gasteiger partial charge in [0.15, 0.2) is 18.1 Å². The molecule has 27 heavy (non-hydrogen) atoms. The number of hydrogen-bond donors (Lipinski definition) is 1. The first-order valence-electron chi connectivity index (χ1n) is 7.96. The highest BCUT2D eigenvalue weighted by Crippen LogP contribution is 2.29. The number of ether oxygens (including phenoxy) is 3. The molecule has 0 bridgehead atoms. The van der Waals surface area contributed by atoms with Crippen LogP contribution in [-0.4, -0.2) is 32.2 Å². The topological polar surface area (TPSA) is 73.9 Å². The molecule has 2 aromatic rings. The van der Waals surface area contributed by atoms with Crippen molar-refractivity contribution in [2.24, 2.45) is 0 Å². The smallest absolute Gasteiger partial charge is 0.387 e. The van der Waals surface area contributed by atoms with E-state index < -0.39 is 25.1 Å². The van der Waals surface area contributed by atoms with E-state index in [2.05, 4.69) is 10.1 Å². The van der Waals surface area contributed by atoms with Crippen molar-refractivity contribution >= 4 is 17.6 Å². The first-order valence-corrected chi connectivity index (χ1v) is 7.96. The summed E-state index contributed by atoms with van der Waals surface area (Å²) in [7, 11) is 1.25. The van der Waals surface area contributed by atoms with Gasteiger partial charge >= 0.3 is 12.6 Å². The number of hydrogen-bond acceptors (Lipinski definition) is 5. The van der Waals surface area contributed by atoms with Crippen molar-refractivity contribution in [1.29, 1.82) is 0 Å². The standard InChI is InChI=1S/C19H19F2NO5/c1-11-6-12(2)8-14(7-11)22-17(23)10-26-18(24)13-4-5-15(27-19(20)21)16(9-13)25-3/h4-9,19H,10H2,1-3H3,(H,22,23). The third-order valence-electron chi connectivity index (χ3n) is 3.46. The van der Waals surface area contributed by atoms with E-state index in [1.165, 1.54) is 19.2 Å². The van der Waals surface area contributed by atoms with Gasteiger partial charge in [-0.3, -0.25) is 4.79 Å². The van der Waals surface area contributed by atoms with Crippen LogP contribution in [0.25, 0.3) is 0 Å². The summed E-state index contributed by atoms with van der Waals surface area (Å²) in [6, 6.07) is 9.15. The van der Waals surface area contributed by atoms with Gasteiger partial charge in [-0.15, -0.1) is 0 Å². The number of methoxy groups -OCH3 is 1. The maximum absolute atomic E-state index is 12.3. The highest BCUT2D eigenvalue weighted by molar-refractivity contribution is 5.95. The lowest BCUT2D eigenvalue weighted by Gasteiger charge is -2.11. The third-order valence-corrected chi connectivity index (χ3v) is 3.46. The van der Waals surface area contributed by atoms with Crippen LogP contribution in [0, 0.1) is 13.8 Å². The van der Waals surface area contributed by atoms with Crippen molar-refractivity contribution in [2.75, 3.05) is 19.0 Å². The summed E-state index contributed by atoms with van der Waals surface area (Å²) in [6.45, 7) is 0.281.